The highest BCUT2D eigenvalue weighted by atomic mass is 32.2. The van der Waals surface area contributed by atoms with Gasteiger partial charge in [-0.2, -0.15) is 0 Å². The Balaban J connectivity index is 1.32. The van der Waals surface area contributed by atoms with Gasteiger partial charge < -0.3 is 15.0 Å². The average Bonchev–Trinajstić information content (AvgIpc) is 3.46. The second kappa shape index (κ2) is 12.4. The number of fused-ring (bicyclic) bond motifs is 2. The Bertz CT molecular complexity index is 1520. The normalized spacial score (nSPS) is 23.8. The highest BCUT2D eigenvalue weighted by Crippen LogP contribution is 2.42. The lowest BCUT2D eigenvalue weighted by atomic mass is 9.78. The van der Waals surface area contributed by atoms with Gasteiger partial charge in [0.25, 0.3) is 0 Å². The zero-order chi connectivity index (χ0) is 31.1. The summed E-state index contributed by atoms with van der Waals surface area (Å²) >= 11 is 0. The first-order valence-corrected chi connectivity index (χ1v) is 18.2. The van der Waals surface area contributed by atoms with E-state index in [9.17, 15) is 18.0 Å². The number of hydrogen-bond donors (Lipinski definition) is 1. The number of carbonyl (C=O) groups excluding carboxylic acids is 2. The molecule has 1 spiro atoms. The van der Waals surface area contributed by atoms with Gasteiger partial charge in [0.2, 0.25) is 15.9 Å². The van der Waals surface area contributed by atoms with Crippen molar-refractivity contribution in [3.63, 3.8) is 0 Å². The molecule has 0 aromatic heterocycles. The number of carbonyl (C=O) groups is 2. The van der Waals surface area contributed by atoms with E-state index in [1.54, 1.807) is 16.7 Å². The molecule has 6 rings (SSSR count). The summed E-state index contributed by atoms with van der Waals surface area (Å²) in [7, 11) is -3.34. The van der Waals surface area contributed by atoms with Crippen molar-refractivity contribution in [1.82, 2.24) is 5.32 Å². The minimum Gasteiger partial charge on any atom is -0.444 e. The SMILES string of the molecule is CC(=O)N1c2ccc(-c3ccc4c(c3)CCN4S(C)(=O)=O)cc2N(C(=O)OC2CCCNC23CCCCCCCC3)C[C@@H]1C. The number of benzene rings is 2. The van der Waals surface area contributed by atoms with Gasteiger partial charge in [-0.15, -0.1) is 0 Å². The molecule has 10 heteroatoms. The van der Waals surface area contributed by atoms with E-state index in [2.05, 4.69) is 5.32 Å². The number of nitrogens with zero attached hydrogens (tertiary/aromatic N) is 3. The van der Waals surface area contributed by atoms with E-state index in [1.165, 1.54) is 36.2 Å². The van der Waals surface area contributed by atoms with Gasteiger partial charge in [0.05, 0.1) is 34.9 Å². The predicted octanol–water partition coefficient (Wildman–Crippen LogP) is 6.00. The molecule has 2 aromatic carbocycles. The van der Waals surface area contributed by atoms with E-state index in [0.717, 1.165) is 67.4 Å². The monoisotopic (exact) mass is 622 g/mol. The smallest absolute Gasteiger partial charge is 0.414 e. The maximum Gasteiger partial charge on any atom is 0.414 e. The summed E-state index contributed by atoms with van der Waals surface area (Å²) in [6.45, 7) is 5.26. The maximum absolute atomic E-state index is 14.1. The Hall–Kier alpha value is -3.11. The second-order valence-corrected chi connectivity index (χ2v) is 15.1. The van der Waals surface area contributed by atoms with Crippen LogP contribution in [0.5, 0.6) is 0 Å². The number of sulfonamides is 1. The lowest BCUT2D eigenvalue weighted by Gasteiger charge is -2.46. The molecule has 2 aromatic rings. The van der Waals surface area contributed by atoms with Crippen molar-refractivity contribution < 1.29 is 22.7 Å². The molecule has 0 radical (unpaired) electrons. The van der Waals surface area contributed by atoms with Crippen LogP contribution in [0.15, 0.2) is 36.4 Å². The van der Waals surface area contributed by atoms with Crippen LogP contribution in [0.1, 0.15) is 83.6 Å². The lowest BCUT2D eigenvalue weighted by Crippen LogP contribution is -2.60. The van der Waals surface area contributed by atoms with Crippen LogP contribution in [0.25, 0.3) is 11.1 Å². The fraction of sp³-hybridized carbons (Fsp3) is 0.588. The minimum atomic E-state index is -3.34. The van der Waals surface area contributed by atoms with E-state index in [-0.39, 0.29) is 29.7 Å². The average molecular weight is 623 g/mol. The summed E-state index contributed by atoms with van der Waals surface area (Å²) in [6, 6.07) is 11.5. The number of anilines is 3. The molecular weight excluding hydrogens is 576 g/mol. The number of hydrogen-bond acceptors (Lipinski definition) is 6. The molecule has 3 heterocycles. The van der Waals surface area contributed by atoms with Crippen molar-refractivity contribution in [1.29, 1.82) is 0 Å². The molecule has 2 amide bonds. The predicted molar refractivity (Wildman–Crippen MR) is 175 cm³/mol. The molecule has 1 saturated carbocycles. The fourth-order valence-electron chi connectivity index (χ4n) is 7.94. The molecule has 3 aliphatic heterocycles. The van der Waals surface area contributed by atoms with Crippen LogP contribution in [0.4, 0.5) is 21.9 Å². The number of piperidine rings is 1. The van der Waals surface area contributed by atoms with Crippen molar-refractivity contribution in [2.24, 2.45) is 0 Å². The zero-order valence-corrected chi connectivity index (χ0v) is 27.1. The number of nitrogens with one attached hydrogen (secondary N) is 1. The summed E-state index contributed by atoms with van der Waals surface area (Å²) in [5.74, 6) is -0.0704. The molecular formula is C34H46N4O5S. The first kappa shape index (κ1) is 30.9. The molecule has 1 saturated heterocycles. The van der Waals surface area contributed by atoms with Crippen LogP contribution in [-0.2, 0) is 26.0 Å². The molecule has 44 heavy (non-hydrogen) atoms. The number of amides is 2. The third kappa shape index (κ3) is 5.95. The third-order valence-corrected chi connectivity index (χ3v) is 11.3. The van der Waals surface area contributed by atoms with Crippen LogP contribution in [0, 0.1) is 0 Å². The molecule has 4 aliphatic rings. The standard InChI is InChI=1S/C34H46N4O5S/c1-24-23-36(33(40)43-32-11-10-19-35-34(32)17-8-6-4-5-7-9-18-34)31-22-27(13-15-30(31)38(24)25(2)39)26-12-14-29-28(21-26)16-20-37(29)44(3,41)42/h12-15,21-22,24,32,35H,4-11,16-20,23H2,1-3H3/t24-,32?/m0/s1. The second-order valence-electron chi connectivity index (χ2n) is 13.2. The summed E-state index contributed by atoms with van der Waals surface area (Å²) in [6.07, 6.45) is 12.5. The van der Waals surface area contributed by atoms with Crippen LogP contribution < -0.4 is 19.4 Å². The zero-order valence-electron chi connectivity index (χ0n) is 26.3. The van der Waals surface area contributed by atoms with Gasteiger partial charge in [-0.1, -0.05) is 50.7 Å². The lowest BCUT2D eigenvalue weighted by molar-refractivity contribution is -0.117. The molecule has 238 valence electrons. The van der Waals surface area contributed by atoms with E-state index in [4.69, 9.17) is 4.74 Å². The Morgan fingerprint density at radius 2 is 1.57 bits per heavy atom. The quantitative estimate of drug-likeness (QED) is 0.451. The first-order chi connectivity index (χ1) is 21.1. The largest absolute Gasteiger partial charge is 0.444 e. The summed E-state index contributed by atoms with van der Waals surface area (Å²) in [5, 5.41) is 3.81. The summed E-state index contributed by atoms with van der Waals surface area (Å²) < 4.78 is 32.4. The van der Waals surface area contributed by atoms with Gasteiger partial charge in [0, 0.05) is 20.0 Å². The number of rotatable bonds is 3. The van der Waals surface area contributed by atoms with E-state index >= 15 is 0 Å². The Kier molecular flexibility index (Phi) is 8.67. The molecule has 1 unspecified atom stereocenters. The first-order valence-electron chi connectivity index (χ1n) is 16.4. The van der Waals surface area contributed by atoms with Crippen molar-refractivity contribution in [2.75, 3.05) is 40.0 Å². The number of ether oxygens (including phenoxy) is 1. The topological polar surface area (TPSA) is 99.3 Å². The van der Waals surface area contributed by atoms with Crippen molar-refractivity contribution in [2.45, 2.75) is 102 Å². The molecule has 2 fully saturated rings. The Morgan fingerprint density at radius 3 is 2.25 bits per heavy atom. The van der Waals surface area contributed by atoms with Gasteiger partial charge >= 0.3 is 6.09 Å². The van der Waals surface area contributed by atoms with Gasteiger partial charge in [0.1, 0.15) is 6.10 Å². The van der Waals surface area contributed by atoms with Crippen molar-refractivity contribution >= 4 is 39.1 Å². The van der Waals surface area contributed by atoms with Crippen LogP contribution in [0.2, 0.25) is 0 Å². The maximum atomic E-state index is 14.1. The van der Waals surface area contributed by atoms with E-state index in [1.807, 2.05) is 43.3 Å². The Labute approximate surface area is 262 Å². The van der Waals surface area contributed by atoms with E-state index < -0.39 is 10.0 Å². The van der Waals surface area contributed by atoms with Gasteiger partial charge in [-0.05, 0) is 86.5 Å². The molecule has 0 bridgehead atoms. The highest BCUT2D eigenvalue weighted by molar-refractivity contribution is 7.92. The minimum absolute atomic E-state index is 0.0704. The van der Waals surface area contributed by atoms with E-state index in [0.29, 0.717) is 30.9 Å². The van der Waals surface area contributed by atoms with Crippen LogP contribution in [0.3, 0.4) is 0 Å². The van der Waals surface area contributed by atoms with Crippen LogP contribution >= 0.6 is 0 Å². The highest BCUT2D eigenvalue weighted by Gasteiger charge is 2.44. The molecule has 1 N–H and O–H groups in total. The van der Waals surface area contributed by atoms with Gasteiger partial charge in [-0.25, -0.2) is 13.2 Å². The third-order valence-electron chi connectivity index (χ3n) is 10.1. The summed E-state index contributed by atoms with van der Waals surface area (Å²) in [5.41, 5.74) is 4.70. The Morgan fingerprint density at radius 1 is 0.909 bits per heavy atom. The molecule has 1 aliphatic carbocycles. The summed E-state index contributed by atoms with van der Waals surface area (Å²) in [4.78, 5) is 30.4. The fourth-order valence-corrected chi connectivity index (χ4v) is 8.90. The van der Waals surface area contributed by atoms with Gasteiger partial charge in [0.15, 0.2) is 0 Å². The molecule has 9 nitrogen and oxygen atoms in total. The van der Waals surface area contributed by atoms with Crippen molar-refractivity contribution in [3.05, 3.63) is 42.0 Å². The molecule has 2 atom stereocenters. The van der Waals surface area contributed by atoms with Crippen molar-refractivity contribution in [3.8, 4) is 11.1 Å². The van der Waals surface area contributed by atoms with Gasteiger partial charge in [-0.3, -0.25) is 14.0 Å². The van der Waals surface area contributed by atoms with Crippen LogP contribution in [-0.4, -0.2) is 64.0 Å².